The van der Waals surface area contributed by atoms with Crippen LogP contribution < -0.4 is 10.0 Å². The van der Waals surface area contributed by atoms with Gasteiger partial charge in [-0.15, -0.1) is 0 Å². The molecule has 24 heavy (non-hydrogen) atoms. The number of nitrogens with one attached hydrogen (secondary N) is 2. The number of carbonyl (C=O) groups excluding carboxylic acids is 1. The van der Waals surface area contributed by atoms with Crippen molar-refractivity contribution in [1.82, 2.24) is 10.0 Å². The van der Waals surface area contributed by atoms with E-state index in [2.05, 4.69) is 26.0 Å². The zero-order valence-electron chi connectivity index (χ0n) is 13.2. The van der Waals surface area contributed by atoms with Crippen molar-refractivity contribution in [3.63, 3.8) is 0 Å². The number of amides is 1. The van der Waals surface area contributed by atoms with Gasteiger partial charge in [0, 0.05) is 17.4 Å². The Hall–Kier alpha value is -1.70. The van der Waals surface area contributed by atoms with Crippen molar-refractivity contribution in [2.45, 2.75) is 24.3 Å². The molecule has 0 spiro atoms. The highest BCUT2D eigenvalue weighted by Crippen LogP contribution is 2.22. The molecule has 7 heteroatoms. The van der Waals surface area contributed by atoms with E-state index in [1.54, 1.807) is 18.2 Å². The Morgan fingerprint density at radius 1 is 1.08 bits per heavy atom. The Kier molecular flexibility index (Phi) is 6.53. The highest BCUT2D eigenvalue weighted by molar-refractivity contribution is 9.10. The van der Waals surface area contributed by atoms with Crippen molar-refractivity contribution in [1.29, 1.82) is 0 Å². The molecule has 0 aliphatic rings. The third-order valence-corrected chi connectivity index (χ3v) is 5.65. The first kappa shape index (κ1) is 18.6. The van der Waals surface area contributed by atoms with Crippen molar-refractivity contribution in [3.8, 4) is 0 Å². The first-order chi connectivity index (χ1) is 11.4. The monoisotopic (exact) mass is 410 g/mol. The van der Waals surface area contributed by atoms with Crippen molar-refractivity contribution >= 4 is 31.9 Å². The molecule has 0 bridgehead atoms. The van der Waals surface area contributed by atoms with Crippen LogP contribution in [0.4, 0.5) is 0 Å². The van der Waals surface area contributed by atoms with Gasteiger partial charge < -0.3 is 5.32 Å². The normalized spacial score (nSPS) is 12.6. The van der Waals surface area contributed by atoms with Crippen LogP contribution in [0.5, 0.6) is 0 Å². The molecule has 0 saturated carbocycles. The fourth-order valence-corrected chi connectivity index (χ4v) is 3.88. The molecule has 0 aliphatic carbocycles. The van der Waals surface area contributed by atoms with Crippen molar-refractivity contribution in [3.05, 3.63) is 64.6 Å². The Balaban J connectivity index is 1.85. The van der Waals surface area contributed by atoms with Gasteiger partial charge in [0.05, 0.1) is 10.9 Å². The lowest BCUT2D eigenvalue weighted by Gasteiger charge is -2.16. The maximum atomic E-state index is 12.1. The van der Waals surface area contributed by atoms with Crippen LogP contribution in [0.1, 0.15) is 24.9 Å². The van der Waals surface area contributed by atoms with Crippen LogP contribution in [-0.4, -0.2) is 20.9 Å². The minimum atomic E-state index is -3.58. The van der Waals surface area contributed by atoms with Crippen molar-refractivity contribution in [2.75, 3.05) is 6.54 Å². The van der Waals surface area contributed by atoms with Gasteiger partial charge in [-0.2, -0.15) is 0 Å². The van der Waals surface area contributed by atoms with Crippen LogP contribution in [0.15, 0.2) is 64.0 Å². The summed E-state index contributed by atoms with van der Waals surface area (Å²) in [6.07, 6.45) is 0.0703. The first-order valence-electron chi connectivity index (χ1n) is 7.48. The third kappa shape index (κ3) is 5.15. The van der Waals surface area contributed by atoms with E-state index in [0.29, 0.717) is 0 Å². The fraction of sp³-hybridized carbons (Fsp3) is 0.235. The van der Waals surface area contributed by atoms with E-state index in [-0.39, 0.29) is 29.8 Å². The molecule has 1 unspecified atom stereocenters. The minimum Gasteiger partial charge on any atom is -0.350 e. The number of halogens is 1. The van der Waals surface area contributed by atoms with Crippen LogP contribution >= 0.6 is 15.9 Å². The topological polar surface area (TPSA) is 75.3 Å². The summed E-state index contributed by atoms with van der Waals surface area (Å²) in [6, 6.07) is 15.5. The summed E-state index contributed by atoms with van der Waals surface area (Å²) in [5.41, 5.74) is 0.968. The van der Waals surface area contributed by atoms with Gasteiger partial charge in [-0.05, 0) is 30.7 Å². The van der Waals surface area contributed by atoms with Gasteiger partial charge in [0.15, 0.2) is 0 Å². The van der Waals surface area contributed by atoms with E-state index < -0.39 is 10.0 Å². The highest BCUT2D eigenvalue weighted by atomic mass is 79.9. The summed E-state index contributed by atoms with van der Waals surface area (Å²) in [5, 5.41) is 2.86. The zero-order chi connectivity index (χ0) is 17.6. The Morgan fingerprint density at radius 2 is 1.71 bits per heavy atom. The smallest absolute Gasteiger partial charge is 0.240 e. The van der Waals surface area contributed by atoms with E-state index in [1.165, 1.54) is 12.1 Å². The average Bonchev–Trinajstić information content (AvgIpc) is 2.55. The molecular weight excluding hydrogens is 392 g/mol. The largest absolute Gasteiger partial charge is 0.350 e. The molecule has 5 nitrogen and oxygen atoms in total. The molecule has 1 atom stereocenters. The van der Waals surface area contributed by atoms with Gasteiger partial charge in [-0.1, -0.05) is 52.3 Å². The summed E-state index contributed by atoms with van der Waals surface area (Å²) in [4.78, 5) is 12.2. The molecular formula is C17H19BrN2O3S. The predicted octanol–water partition coefficient (Wildman–Crippen LogP) is 2.99. The zero-order valence-corrected chi connectivity index (χ0v) is 15.6. The average molecular weight is 411 g/mol. The van der Waals surface area contributed by atoms with Crippen LogP contribution in [0.25, 0.3) is 0 Å². The van der Waals surface area contributed by atoms with Crippen LogP contribution in [0.2, 0.25) is 0 Å². The van der Waals surface area contributed by atoms with Crippen LogP contribution in [0, 0.1) is 0 Å². The summed E-state index contributed by atoms with van der Waals surface area (Å²) in [5.74, 6) is -0.214. The maximum Gasteiger partial charge on any atom is 0.240 e. The second-order valence-electron chi connectivity index (χ2n) is 5.27. The lowest BCUT2D eigenvalue weighted by Crippen LogP contribution is -2.32. The number of benzene rings is 2. The van der Waals surface area contributed by atoms with Crippen molar-refractivity contribution in [2.24, 2.45) is 0 Å². The Labute approximate surface area is 150 Å². The lowest BCUT2D eigenvalue weighted by molar-refractivity contribution is -0.121. The van der Waals surface area contributed by atoms with Gasteiger partial charge in [0.1, 0.15) is 0 Å². The molecule has 2 rings (SSSR count). The van der Waals surface area contributed by atoms with Gasteiger partial charge in [0.25, 0.3) is 0 Å². The molecule has 1 amide bonds. The predicted molar refractivity (Wildman–Crippen MR) is 96.9 cm³/mol. The van der Waals surface area contributed by atoms with Gasteiger partial charge in [0.2, 0.25) is 15.9 Å². The molecule has 2 aromatic rings. The maximum absolute atomic E-state index is 12.1. The summed E-state index contributed by atoms with van der Waals surface area (Å²) < 4.78 is 27.5. The molecule has 0 fully saturated rings. The SMILES string of the molecule is CC(NC(=O)CCNS(=O)(=O)c1ccccc1)c1ccccc1Br. The van der Waals surface area contributed by atoms with E-state index in [0.717, 1.165) is 10.0 Å². The summed E-state index contributed by atoms with van der Waals surface area (Å²) in [6.45, 7) is 1.93. The highest BCUT2D eigenvalue weighted by Gasteiger charge is 2.15. The molecule has 2 aromatic carbocycles. The van der Waals surface area contributed by atoms with Crippen LogP contribution in [0.3, 0.4) is 0 Å². The van der Waals surface area contributed by atoms with Gasteiger partial charge in [-0.3, -0.25) is 4.79 Å². The number of carbonyl (C=O) groups is 1. The molecule has 0 aliphatic heterocycles. The lowest BCUT2D eigenvalue weighted by atomic mass is 10.1. The molecule has 128 valence electrons. The third-order valence-electron chi connectivity index (χ3n) is 3.45. The van der Waals surface area contributed by atoms with E-state index >= 15 is 0 Å². The molecule has 0 saturated heterocycles. The van der Waals surface area contributed by atoms with E-state index in [9.17, 15) is 13.2 Å². The second-order valence-corrected chi connectivity index (χ2v) is 7.89. The minimum absolute atomic E-state index is 0.0474. The van der Waals surface area contributed by atoms with E-state index in [1.807, 2.05) is 31.2 Å². The molecule has 0 radical (unpaired) electrons. The summed E-state index contributed by atoms with van der Waals surface area (Å²) >= 11 is 3.45. The number of rotatable bonds is 7. The standard InChI is InChI=1S/C17H19BrN2O3S/c1-13(15-9-5-6-10-16(15)18)20-17(21)11-12-19-24(22,23)14-7-3-2-4-8-14/h2-10,13,19H,11-12H2,1H3,(H,20,21). The fourth-order valence-electron chi connectivity index (χ4n) is 2.20. The number of hydrogen-bond acceptors (Lipinski definition) is 3. The van der Waals surface area contributed by atoms with Gasteiger partial charge >= 0.3 is 0 Å². The first-order valence-corrected chi connectivity index (χ1v) is 9.76. The molecule has 0 heterocycles. The van der Waals surface area contributed by atoms with Crippen molar-refractivity contribution < 1.29 is 13.2 Å². The van der Waals surface area contributed by atoms with E-state index in [4.69, 9.17) is 0 Å². The summed E-state index contributed by atoms with van der Waals surface area (Å²) in [7, 11) is -3.58. The van der Waals surface area contributed by atoms with Crippen LogP contribution in [-0.2, 0) is 14.8 Å². The Morgan fingerprint density at radius 3 is 2.38 bits per heavy atom. The number of hydrogen-bond donors (Lipinski definition) is 2. The number of sulfonamides is 1. The van der Waals surface area contributed by atoms with Gasteiger partial charge in [-0.25, -0.2) is 13.1 Å². The second kappa shape index (κ2) is 8.41. The Bertz CT molecular complexity index is 794. The molecule has 2 N–H and O–H groups in total. The quantitative estimate of drug-likeness (QED) is 0.736. The molecule has 0 aromatic heterocycles.